The highest BCUT2D eigenvalue weighted by Gasteiger charge is 2.51. The van der Waals surface area contributed by atoms with Gasteiger partial charge in [0, 0.05) is 17.2 Å². The van der Waals surface area contributed by atoms with Crippen molar-refractivity contribution in [2.75, 3.05) is 0 Å². The predicted octanol–water partition coefficient (Wildman–Crippen LogP) is 4.38. The monoisotopic (exact) mass is 395 g/mol. The molecular formula is C19H21BF3NO4. The van der Waals surface area contributed by atoms with Crippen LogP contribution in [0.25, 0.3) is 0 Å². The SMILES string of the molecule is Cc1cc(B2OC(C)(C)C(C)(C)O2)cnc1Oc1ccc(OC(F)(F)F)cc1. The van der Waals surface area contributed by atoms with Crippen LogP contribution in [0.2, 0.25) is 0 Å². The van der Waals surface area contributed by atoms with Crippen LogP contribution in [0.5, 0.6) is 17.4 Å². The van der Waals surface area contributed by atoms with Crippen molar-refractivity contribution in [3.8, 4) is 17.4 Å². The first kappa shape index (κ1) is 20.5. The fourth-order valence-corrected chi connectivity index (χ4v) is 2.62. The first-order valence-corrected chi connectivity index (χ1v) is 8.72. The minimum absolute atomic E-state index is 0.319. The Morgan fingerprint density at radius 1 is 0.964 bits per heavy atom. The second kappa shape index (κ2) is 6.97. The highest BCUT2D eigenvalue weighted by Crippen LogP contribution is 2.36. The minimum Gasteiger partial charge on any atom is -0.439 e. The van der Waals surface area contributed by atoms with E-state index < -0.39 is 24.7 Å². The summed E-state index contributed by atoms with van der Waals surface area (Å²) in [4.78, 5) is 4.30. The number of hydrogen-bond acceptors (Lipinski definition) is 5. The summed E-state index contributed by atoms with van der Waals surface area (Å²) >= 11 is 0. The van der Waals surface area contributed by atoms with Crippen LogP contribution in [0.15, 0.2) is 36.5 Å². The van der Waals surface area contributed by atoms with Crippen molar-refractivity contribution < 1.29 is 32.0 Å². The largest absolute Gasteiger partial charge is 0.573 e. The normalized spacial score (nSPS) is 18.2. The van der Waals surface area contributed by atoms with Gasteiger partial charge in [-0.25, -0.2) is 4.98 Å². The van der Waals surface area contributed by atoms with Gasteiger partial charge in [-0.3, -0.25) is 0 Å². The fourth-order valence-electron chi connectivity index (χ4n) is 2.62. The van der Waals surface area contributed by atoms with E-state index in [1.54, 1.807) is 6.20 Å². The Balaban J connectivity index is 1.72. The Kier molecular flexibility index (Phi) is 5.10. The van der Waals surface area contributed by atoms with Crippen molar-refractivity contribution in [2.24, 2.45) is 0 Å². The number of nitrogens with zero attached hydrogens (tertiary/aromatic N) is 1. The second-order valence-electron chi connectivity index (χ2n) is 7.60. The third-order valence-electron chi connectivity index (χ3n) is 4.85. The quantitative estimate of drug-likeness (QED) is 0.720. The van der Waals surface area contributed by atoms with Crippen LogP contribution in [0.1, 0.15) is 33.3 Å². The molecule has 1 fully saturated rings. The molecule has 28 heavy (non-hydrogen) atoms. The number of benzene rings is 1. The molecule has 2 heterocycles. The Morgan fingerprint density at radius 3 is 2.00 bits per heavy atom. The molecule has 0 N–H and O–H groups in total. The number of pyridine rings is 1. The summed E-state index contributed by atoms with van der Waals surface area (Å²) in [5, 5.41) is 0. The first-order valence-electron chi connectivity index (χ1n) is 8.72. The zero-order valence-electron chi connectivity index (χ0n) is 16.3. The molecule has 2 aromatic rings. The standard InChI is InChI=1S/C19H21BF3NO4/c1-12-10-13(20-27-17(2,3)18(4,5)28-20)11-24-16(12)25-14-6-8-15(9-7-14)26-19(21,22)23/h6-11H,1-5H3. The Hall–Kier alpha value is -2.26. The van der Waals surface area contributed by atoms with Gasteiger partial charge in [0.25, 0.3) is 0 Å². The molecule has 0 radical (unpaired) electrons. The molecule has 0 spiro atoms. The van der Waals surface area contributed by atoms with Gasteiger partial charge in [-0.2, -0.15) is 0 Å². The molecule has 0 unspecified atom stereocenters. The molecule has 150 valence electrons. The van der Waals surface area contributed by atoms with Gasteiger partial charge in [-0.05, 0) is 58.9 Å². The van der Waals surface area contributed by atoms with Crippen molar-refractivity contribution >= 4 is 12.6 Å². The lowest BCUT2D eigenvalue weighted by molar-refractivity contribution is -0.274. The summed E-state index contributed by atoms with van der Waals surface area (Å²) < 4.78 is 58.2. The van der Waals surface area contributed by atoms with E-state index in [9.17, 15) is 13.2 Å². The first-order chi connectivity index (χ1) is 12.9. The highest BCUT2D eigenvalue weighted by atomic mass is 19.4. The number of ether oxygens (including phenoxy) is 2. The molecule has 1 aliphatic heterocycles. The molecule has 0 saturated carbocycles. The maximum absolute atomic E-state index is 12.2. The van der Waals surface area contributed by atoms with E-state index in [-0.39, 0.29) is 5.75 Å². The maximum atomic E-state index is 12.2. The minimum atomic E-state index is -4.73. The summed E-state index contributed by atoms with van der Waals surface area (Å²) in [6, 6.07) is 6.97. The van der Waals surface area contributed by atoms with E-state index in [4.69, 9.17) is 14.0 Å². The van der Waals surface area contributed by atoms with Crippen LogP contribution in [0, 0.1) is 6.92 Å². The second-order valence-corrected chi connectivity index (χ2v) is 7.60. The van der Waals surface area contributed by atoms with Crippen LogP contribution in [-0.2, 0) is 9.31 Å². The third-order valence-corrected chi connectivity index (χ3v) is 4.85. The van der Waals surface area contributed by atoms with Gasteiger partial charge >= 0.3 is 13.5 Å². The van der Waals surface area contributed by atoms with Gasteiger partial charge in [-0.15, -0.1) is 13.2 Å². The predicted molar refractivity (Wildman–Crippen MR) is 97.9 cm³/mol. The van der Waals surface area contributed by atoms with E-state index in [2.05, 4.69) is 9.72 Å². The smallest absolute Gasteiger partial charge is 0.439 e. The van der Waals surface area contributed by atoms with E-state index in [0.717, 1.165) is 11.0 Å². The van der Waals surface area contributed by atoms with E-state index in [0.29, 0.717) is 11.6 Å². The molecule has 1 aromatic carbocycles. The lowest BCUT2D eigenvalue weighted by Crippen LogP contribution is -2.41. The van der Waals surface area contributed by atoms with Gasteiger partial charge in [0.05, 0.1) is 11.2 Å². The number of alkyl halides is 3. The highest BCUT2D eigenvalue weighted by molar-refractivity contribution is 6.62. The molecule has 0 amide bonds. The van der Waals surface area contributed by atoms with Crippen LogP contribution in [0.3, 0.4) is 0 Å². The van der Waals surface area contributed by atoms with Crippen LogP contribution < -0.4 is 14.9 Å². The Morgan fingerprint density at radius 2 is 1.50 bits per heavy atom. The summed E-state index contributed by atoms with van der Waals surface area (Å²) in [5.74, 6) is 0.360. The number of halogens is 3. The molecule has 0 bridgehead atoms. The van der Waals surface area contributed by atoms with Crippen molar-refractivity contribution in [1.82, 2.24) is 4.98 Å². The van der Waals surface area contributed by atoms with E-state index in [1.807, 2.05) is 40.7 Å². The van der Waals surface area contributed by atoms with Crippen LogP contribution in [0.4, 0.5) is 13.2 Å². The van der Waals surface area contributed by atoms with Gasteiger partial charge in [0.1, 0.15) is 11.5 Å². The zero-order chi connectivity index (χ0) is 20.7. The van der Waals surface area contributed by atoms with Gasteiger partial charge in [-0.1, -0.05) is 6.07 Å². The van der Waals surface area contributed by atoms with Crippen LogP contribution >= 0.6 is 0 Å². The summed E-state index contributed by atoms with van der Waals surface area (Å²) in [6.07, 6.45) is -3.13. The number of hydrogen-bond donors (Lipinski definition) is 0. The lowest BCUT2D eigenvalue weighted by Gasteiger charge is -2.32. The number of aryl methyl sites for hydroxylation is 1. The van der Waals surface area contributed by atoms with Crippen LogP contribution in [-0.4, -0.2) is 29.7 Å². The number of rotatable bonds is 4. The van der Waals surface area contributed by atoms with E-state index in [1.165, 1.54) is 24.3 Å². The van der Waals surface area contributed by atoms with Crippen molar-refractivity contribution in [2.45, 2.75) is 52.2 Å². The molecule has 5 nitrogen and oxygen atoms in total. The van der Waals surface area contributed by atoms with Gasteiger partial charge in [0.15, 0.2) is 0 Å². The van der Waals surface area contributed by atoms with Crippen molar-refractivity contribution in [1.29, 1.82) is 0 Å². The molecular weight excluding hydrogens is 374 g/mol. The average Bonchev–Trinajstić information content (AvgIpc) is 2.78. The van der Waals surface area contributed by atoms with Crippen molar-refractivity contribution in [3.63, 3.8) is 0 Å². The summed E-state index contributed by atoms with van der Waals surface area (Å²) in [6.45, 7) is 9.69. The maximum Gasteiger partial charge on any atom is 0.573 e. The topological polar surface area (TPSA) is 49.8 Å². The fraction of sp³-hybridized carbons (Fsp3) is 0.421. The van der Waals surface area contributed by atoms with E-state index >= 15 is 0 Å². The molecule has 1 aliphatic rings. The lowest BCUT2D eigenvalue weighted by atomic mass is 9.80. The average molecular weight is 395 g/mol. The summed E-state index contributed by atoms with van der Waals surface area (Å²) in [5.41, 5.74) is 0.586. The number of aromatic nitrogens is 1. The van der Waals surface area contributed by atoms with Crippen molar-refractivity contribution in [3.05, 3.63) is 42.1 Å². The molecule has 3 rings (SSSR count). The summed E-state index contributed by atoms with van der Waals surface area (Å²) in [7, 11) is -0.538. The third kappa shape index (κ3) is 4.42. The Labute approximate surface area is 161 Å². The zero-order valence-corrected chi connectivity index (χ0v) is 16.3. The molecule has 1 aromatic heterocycles. The molecule has 0 aliphatic carbocycles. The van der Waals surface area contributed by atoms with Gasteiger partial charge in [0.2, 0.25) is 5.88 Å². The van der Waals surface area contributed by atoms with Gasteiger partial charge < -0.3 is 18.8 Å². The molecule has 0 atom stereocenters. The molecule has 1 saturated heterocycles. The Bertz CT molecular complexity index is 837. The molecule has 9 heteroatoms.